The molecule has 0 saturated carbocycles. The molecule has 0 saturated heterocycles. The van der Waals surface area contributed by atoms with Gasteiger partial charge in [0.15, 0.2) is 18.1 Å². The quantitative estimate of drug-likeness (QED) is 0.632. The maximum Gasteiger partial charge on any atom is 0.257 e. The number of amides is 2. The van der Waals surface area contributed by atoms with Crippen LogP contribution in [0.4, 0.5) is 0 Å². The Balaban J connectivity index is 2.18. The molecule has 2 N–H and O–H groups in total. The molecule has 6 nitrogen and oxygen atoms in total. The van der Waals surface area contributed by atoms with Gasteiger partial charge in [0.1, 0.15) is 0 Å². The van der Waals surface area contributed by atoms with Gasteiger partial charge in [-0.2, -0.15) is 0 Å². The molecule has 152 valence electrons. The lowest BCUT2D eigenvalue weighted by Gasteiger charge is -2.25. The van der Waals surface area contributed by atoms with Crippen LogP contribution >= 0.6 is 11.3 Å². The van der Waals surface area contributed by atoms with Crippen molar-refractivity contribution in [3.63, 3.8) is 0 Å². The molecule has 1 aromatic heterocycles. The van der Waals surface area contributed by atoms with Crippen LogP contribution in [-0.4, -0.2) is 32.6 Å². The Bertz CT molecular complexity index is 773. The van der Waals surface area contributed by atoms with Gasteiger partial charge < -0.3 is 20.1 Å². The van der Waals surface area contributed by atoms with Crippen LogP contribution in [0.3, 0.4) is 0 Å². The minimum absolute atomic E-state index is 0.0299. The predicted molar refractivity (Wildman–Crippen MR) is 111 cm³/mol. The summed E-state index contributed by atoms with van der Waals surface area (Å²) in [5.41, 5.74) is 0.483. The minimum atomic E-state index is -0.243. The lowest BCUT2D eigenvalue weighted by molar-refractivity contribution is -0.122. The van der Waals surface area contributed by atoms with E-state index >= 15 is 0 Å². The summed E-state index contributed by atoms with van der Waals surface area (Å²) in [7, 11) is 3.04. The molecule has 0 spiro atoms. The van der Waals surface area contributed by atoms with Crippen LogP contribution < -0.4 is 20.1 Å². The highest BCUT2D eigenvalue weighted by molar-refractivity contribution is 7.10. The first-order valence-corrected chi connectivity index (χ1v) is 10.3. The number of nitrogens with one attached hydrogen (secondary N) is 2. The monoisotopic (exact) mass is 404 g/mol. The maximum absolute atomic E-state index is 12.9. The zero-order chi connectivity index (χ0) is 20.5. The van der Waals surface area contributed by atoms with Gasteiger partial charge in [0, 0.05) is 17.5 Å². The first-order chi connectivity index (χ1) is 13.5. The Morgan fingerprint density at radius 3 is 2.46 bits per heavy atom. The van der Waals surface area contributed by atoms with Crippen molar-refractivity contribution in [2.75, 3.05) is 20.8 Å². The third-order valence-electron chi connectivity index (χ3n) is 4.72. The Morgan fingerprint density at radius 1 is 1.14 bits per heavy atom. The van der Waals surface area contributed by atoms with Crippen LogP contribution in [-0.2, 0) is 4.79 Å². The van der Waals surface area contributed by atoms with Gasteiger partial charge >= 0.3 is 0 Å². The summed E-state index contributed by atoms with van der Waals surface area (Å²) in [5, 5.41) is 7.70. The van der Waals surface area contributed by atoms with Crippen molar-refractivity contribution >= 4 is 23.2 Å². The maximum atomic E-state index is 12.9. The van der Waals surface area contributed by atoms with E-state index in [1.54, 1.807) is 36.6 Å². The second-order valence-corrected chi connectivity index (χ2v) is 7.35. The standard InChI is InChI=1S/C21H28N2O4S/c1-5-14(6-2)20(18-8-7-11-28-18)23-21(25)15-9-10-16(17(12-15)26-4)27-13-19(24)22-3/h7-12,14,20H,5-6,13H2,1-4H3,(H,22,24)(H,23,25). The highest BCUT2D eigenvalue weighted by Gasteiger charge is 2.24. The highest BCUT2D eigenvalue weighted by Crippen LogP contribution is 2.32. The van der Waals surface area contributed by atoms with Crippen molar-refractivity contribution in [3.8, 4) is 11.5 Å². The molecule has 28 heavy (non-hydrogen) atoms. The number of rotatable bonds is 10. The number of benzene rings is 1. The fourth-order valence-electron chi connectivity index (χ4n) is 3.02. The summed E-state index contributed by atoms with van der Waals surface area (Å²) in [5.74, 6) is 0.776. The topological polar surface area (TPSA) is 76.7 Å². The molecule has 0 fully saturated rings. The van der Waals surface area contributed by atoms with E-state index in [4.69, 9.17) is 9.47 Å². The van der Waals surface area contributed by atoms with Gasteiger partial charge in [-0.3, -0.25) is 9.59 Å². The molecule has 7 heteroatoms. The van der Waals surface area contributed by atoms with Gasteiger partial charge in [0.2, 0.25) is 0 Å². The van der Waals surface area contributed by atoms with Crippen LogP contribution in [0, 0.1) is 5.92 Å². The zero-order valence-corrected chi connectivity index (χ0v) is 17.6. The average Bonchev–Trinajstić information content (AvgIpc) is 3.26. The molecule has 0 aliphatic heterocycles. The van der Waals surface area contributed by atoms with Crippen LogP contribution in [0.5, 0.6) is 11.5 Å². The number of ether oxygens (including phenoxy) is 2. The molecular weight excluding hydrogens is 376 g/mol. The van der Waals surface area contributed by atoms with E-state index in [-0.39, 0.29) is 24.5 Å². The minimum Gasteiger partial charge on any atom is -0.493 e. The number of methoxy groups -OCH3 is 1. The molecule has 0 radical (unpaired) electrons. The van der Waals surface area contributed by atoms with Crippen LogP contribution in [0.15, 0.2) is 35.7 Å². The summed E-state index contributed by atoms with van der Waals surface area (Å²) in [6.45, 7) is 4.17. The van der Waals surface area contributed by atoms with Crippen molar-refractivity contribution in [2.24, 2.45) is 5.92 Å². The van der Waals surface area contributed by atoms with E-state index in [1.807, 2.05) is 11.4 Å². The van der Waals surface area contributed by atoms with Gasteiger partial charge in [-0.05, 0) is 35.6 Å². The van der Waals surface area contributed by atoms with Crippen LogP contribution in [0.25, 0.3) is 0 Å². The van der Waals surface area contributed by atoms with Gasteiger partial charge in [-0.1, -0.05) is 32.8 Å². The molecule has 0 aliphatic carbocycles. The molecule has 0 aliphatic rings. The lowest BCUT2D eigenvalue weighted by Crippen LogP contribution is -2.32. The Labute approximate surface area is 170 Å². The summed E-state index contributed by atoms with van der Waals surface area (Å²) >= 11 is 1.65. The summed E-state index contributed by atoms with van der Waals surface area (Å²) in [6.07, 6.45) is 1.96. The molecule has 2 aromatic rings. The van der Waals surface area contributed by atoms with Crippen molar-refractivity contribution in [2.45, 2.75) is 32.7 Å². The van der Waals surface area contributed by atoms with Crippen LogP contribution in [0.1, 0.15) is 48.0 Å². The number of hydrogen-bond donors (Lipinski definition) is 2. The molecule has 1 unspecified atom stereocenters. The summed E-state index contributed by atoms with van der Waals surface area (Å²) in [6, 6.07) is 8.99. The summed E-state index contributed by atoms with van der Waals surface area (Å²) < 4.78 is 10.8. The van der Waals surface area contributed by atoms with E-state index < -0.39 is 0 Å². The second-order valence-electron chi connectivity index (χ2n) is 6.37. The average molecular weight is 405 g/mol. The predicted octanol–water partition coefficient (Wildman–Crippen LogP) is 3.79. The van der Waals surface area contributed by atoms with E-state index in [0.29, 0.717) is 23.0 Å². The normalized spacial score (nSPS) is 11.8. The highest BCUT2D eigenvalue weighted by atomic mass is 32.1. The fraction of sp³-hybridized carbons (Fsp3) is 0.429. The van der Waals surface area contributed by atoms with E-state index in [1.165, 1.54) is 7.11 Å². The third-order valence-corrected chi connectivity index (χ3v) is 5.68. The number of thiophene rings is 1. The Hall–Kier alpha value is -2.54. The van der Waals surface area contributed by atoms with Crippen molar-refractivity contribution in [1.29, 1.82) is 0 Å². The molecule has 0 bridgehead atoms. The molecular formula is C21H28N2O4S. The number of carbonyl (C=O) groups excluding carboxylic acids is 2. The van der Waals surface area contributed by atoms with Crippen molar-refractivity contribution in [1.82, 2.24) is 10.6 Å². The molecule has 2 rings (SSSR count). The largest absolute Gasteiger partial charge is 0.493 e. The number of likely N-dealkylation sites (N-methyl/N-ethyl adjacent to an activating group) is 1. The number of hydrogen-bond acceptors (Lipinski definition) is 5. The van der Waals surface area contributed by atoms with Gasteiger partial charge in [0.05, 0.1) is 13.2 Å². The number of carbonyl (C=O) groups is 2. The fourth-order valence-corrected chi connectivity index (χ4v) is 3.89. The summed E-state index contributed by atoms with van der Waals surface area (Å²) in [4.78, 5) is 25.4. The van der Waals surface area contributed by atoms with Crippen molar-refractivity contribution in [3.05, 3.63) is 46.2 Å². The van der Waals surface area contributed by atoms with Crippen molar-refractivity contribution < 1.29 is 19.1 Å². The SMILES string of the molecule is CCC(CC)C(NC(=O)c1ccc(OCC(=O)NC)c(OC)c1)c1cccs1. The molecule has 1 atom stereocenters. The molecule has 1 aromatic carbocycles. The Kier molecular flexibility index (Phi) is 8.32. The second kappa shape index (κ2) is 10.7. The van der Waals surface area contributed by atoms with Crippen LogP contribution in [0.2, 0.25) is 0 Å². The zero-order valence-electron chi connectivity index (χ0n) is 16.8. The Morgan fingerprint density at radius 2 is 1.89 bits per heavy atom. The third kappa shape index (κ3) is 5.48. The van der Waals surface area contributed by atoms with Gasteiger partial charge in [-0.15, -0.1) is 11.3 Å². The molecule has 2 amide bonds. The van der Waals surface area contributed by atoms with E-state index in [2.05, 4.69) is 30.5 Å². The van der Waals surface area contributed by atoms with E-state index in [0.717, 1.165) is 17.7 Å². The lowest BCUT2D eigenvalue weighted by atomic mass is 9.92. The molecule has 1 heterocycles. The van der Waals surface area contributed by atoms with Gasteiger partial charge in [0.25, 0.3) is 11.8 Å². The first-order valence-electron chi connectivity index (χ1n) is 9.39. The first kappa shape index (κ1) is 21.8. The smallest absolute Gasteiger partial charge is 0.257 e. The van der Waals surface area contributed by atoms with Gasteiger partial charge in [-0.25, -0.2) is 0 Å². The van der Waals surface area contributed by atoms with E-state index in [9.17, 15) is 9.59 Å².